The van der Waals surface area contributed by atoms with Crippen molar-refractivity contribution in [2.45, 2.75) is 44.2 Å². The number of aliphatic hydroxyl groups is 1. The molecule has 1 saturated carbocycles. The summed E-state index contributed by atoms with van der Waals surface area (Å²) in [6.07, 6.45) is 3.90. The zero-order chi connectivity index (χ0) is 13.8. The van der Waals surface area contributed by atoms with Gasteiger partial charge in [0.1, 0.15) is 11.5 Å². The molecule has 0 heterocycles. The molecule has 5 heteroatoms. The van der Waals surface area contributed by atoms with E-state index < -0.39 is 12.0 Å². The molecule has 104 valence electrons. The van der Waals surface area contributed by atoms with E-state index >= 15 is 0 Å². The number of amides is 1. The summed E-state index contributed by atoms with van der Waals surface area (Å²) in [6, 6.07) is 3.56. The fourth-order valence-corrected chi connectivity index (χ4v) is 2.41. The second-order valence-electron chi connectivity index (χ2n) is 4.99. The molecular formula is C14H19NO4. The van der Waals surface area contributed by atoms with E-state index in [-0.39, 0.29) is 23.1 Å². The summed E-state index contributed by atoms with van der Waals surface area (Å²) in [5, 5.41) is 31.5. The first kappa shape index (κ1) is 13.7. The van der Waals surface area contributed by atoms with E-state index in [0.717, 1.165) is 31.7 Å². The van der Waals surface area contributed by atoms with Crippen LogP contribution in [0.15, 0.2) is 18.2 Å². The number of phenolic OH excluding ortho intramolecular Hbond substituents is 2. The number of benzene rings is 1. The van der Waals surface area contributed by atoms with Gasteiger partial charge in [-0.2, -0.15) is 0 Å². The highest BCUT2D eigenvalue weighted by Crippen LogP contribution is 2.23. The van der Waals surface area contributed by atoms with E-state index in [1.807, 2.05) is 0 Å². The Balaban J connectivity index is 2.07. The Morgan fingerprint density at radius 2 is 1.89 bits per heavy atom. The monoisotopic (exact) mass is 265 g/mol. The molecule has 1 aliphatic carbocycles. The normalized spacial score (nSPS) is 23.6. The molecule has 1 aliphatic rings. The van der Waals surface area contributed by atoms with Crippen LogP contribution in [-0.2, 0) is 0 Å². The van der Waals surface area contributed by atoms with Crippen LogP contribution in [0.5, 0.6) is 11.5 Å². The summed E-state index contributed by atoms with van der Waals surface area (Å²) in [5.74, 6) is -0.785. The zero-order valence-electron chi connectivity index (χ0n) is 10.7. The van der Waals surface area contributed by atoms with Crippen molar-refractivity contribution in [2.24, 2.45) is 0 Å². The third-order valence-corrected chi connectivity index (χ3v) is 3.52. The minimum absolute atomic E-state index is 0.0939. The number of aliphatic hydroxyl groups excluding tert-OH is 1. The van der Waals surface area contributed by atoms with Gasteiger partial charge in [-0.05, 0) is 25.0 Å². The van der Waals surface area contributed by atoms with Crippen LogP contribution in [0.3, 0.4) is 0 Å². The van der Waals surface area contributed by atoms with Gasteiger partial charge >= 0.3 is 0 Å². The predicted molar refractivity (Wildman–Crippen MR) is 70.1 cm³/mol. The van der Waals surface area contributed by atoms with Gasteiger partial charge in [0.15, 0.2) is 0 Å². The predicted octanol–water partition coefficient (Wildman–Crippen LogP) is 1.52. The average molecular weight is 265 g/mol. The van der Waals surface area contributed by atoms with Crippen LogP contribution in [-0.4, -0.2) is 33.4 Å². The molecule has 1 aromatic rings. The van der Waals surface area contributed by atoms with Gasteiger partial charge in [0.25, 0.3) is 5.91 Å². The Morgan fingerprint density at radius 3 is 2.63 bits per heavy atom. The van der Waals surface area contributed by atoms with Gasteiger partial charge < -0.3 is 20.6 Å². The smallest absolute Gasteiger partial charge is 0.255 e. The first-order valence-electron chi connectivity index (χ1n) is 6.59. The number of hydrogen-bond acceptors (Lipinski definition) is 4. The van der Waals surface area contributed by atoms with Crippen molar-refractivity contribution in [1.82, 2.24) is 5.32 Å². The average Bonchev–Trinajstić information content (AvgIpc) is 2.55. The van der Waals surface area contributed by atoms with Gasteiger partial charge in [0, 0.05) is 6.07 Å². The van der Waals surface area contributed by atoms with E-state index in [0.29, 0.717) is 6.42 Å². The van der Waals surface area contributed by atoms with Crippen LogP contribution < -0.4 is 5.32 Å². The molecule has 2 atom stereocenters. The van der Waals surface area contributed by atoms with E-state index in [4.69, 9.17) is 0 Å². The number of carbonyl (C=O) groups excluding carboxylic acids is 1. The summed E-state index contributed by atoms with van der Waals surface area (Å²) >= 11 is 0. The Kier molecular flexibility index (Phi) is 4.27. The Hall–Kier alpha value is -1.75. The largest absolute Gasteiger partial charge is 0.508 e. The molecule has 1 amide bonds. The molecule has 4 N–H and O–H groups in total. The van der Waals surface area contributed by atoms with Crippen molar-refractivity contribution in [3.63, 3.8) is 0 Å². The highest BCUT2D eigenvalue weighted by molar-refractivity contribution is 5.97. The quantitative estimate of drug-likeness (QED) is 0.610. The molecule has 0 bridgehead atoms. The maximum absolute atomic E-state index is 12.0. The molecule has 2 unspecified atom stereocenters. The fraction of sp³-hybridized carbons (Fsp3) is 0.500. The Morgan fingerprint density at radius 1 is 1.16 bits per heavy atom. The number of hydrogen-bond donors (Lipinski definition) is 4. The van der Waals surface area contributed by atoms with Crippen LogP contribution in [0.25, 0.3) is 0 Å². The minimum Gasteiger partial charge on any atom is -0.508 e. The highest BCUT2D eigenvalue weighted by Gasteiger charge is 2.24. The first-order chi connectivity index (χ1) is 9.08. The lowest BCUT2D eigenvalue weighted by Gasteiger charge is -2.22. The second kappa shape index (κ2) is 5.93. The number of aromatic hydroxyl groups is 2. The molecule has 1 fully saturated rings. The van der Waals surface area contributed by atoms with Crippen molar-refractivity contribution >= 4 is 5.91 Å². The van der Waals surface area contributed by atoms with Crippen molar-refractivity contribution < 1.29 is 20.1 Å². The number of phenols is 2. The van der Waals surface area contributed by atoms with Gasteiger partial charge in [-0.1, -0.05) is 19.3 Å². The molecule has 0 aromatic heterocycles. The lowest BCUT2D eigenvalue weighted by molar-refractivity contribution is 0.0816. The van der Waals surface area contributed by atoms with E-state index in [9.17, 15) is 20.1 Å². The van der Waals surface area contributed by atoms with E-state index in [1.165, 1.54) is 12.1 Å². The van der Waals surface area contributed by atoms with Crippen LogP contribution in [0.4, 0.5) is 0 Å². The van der Waals surface area contributed by atoms with Gasteiger partial charge in [-0.25, -0.2) is 0 Å². The topological polar surface area (TPSA) is 89.8 Å². The summed E-state index contributed by atoms with van der Waals surface area (Å²) in [5.41, 5.74) is 0.106. The summed E-state index contributed by atoms with van der Waals surface area (Å²) in [6.45, 7) is 0. The van der Waals surface area contributed by atoms with Gasteiger partial charge in [-0.3, -0.25) is 4.79 Å². The van der Waals surface area contributed by atoms with E-state index in [1.54, 1.807) is 0 Å². The number of rotatable bonds is 2. The number of carbonyl (C=O) groups is 1. The highest BCUT2D eigenvalue weighted by atomic mass is 16.3. The van der Waals surface area contributed by atoms with Gasteiger partial charge in [0.2, 0.25) is 0 Å². The third kappa shape index (κ3) is 3.38. The Bertz CT molecular complexity index is 461. The van der Waals surface area contributed by atoms with Gasteiger partial charge in [0.05, 0.1) is 17.7 Å². The Labute approximate surface area is 111 Å². The SMILES string of the molecule is O=C(NC1CCCCCC1O)c1ccc(O)cc1O. The van der Waals surface area contributed by atoms with Crippen LogP contribution in [0.1, 0.15) is 42.5 Å². The van der Waals surface area contributed by atoms with Gasteiger partial charge in [-0.15, -0.1) is 0 Å². The molecule has 19 heavy (non-hydrogen) atoms. The molecule has 0 aliphatic heterocycles. The fourth-order valence-electron chi connectivity index (χ4n) is 2.41. The molecule has 2 rings (SSSR count). The first-order valence-corrected chi connectivity index (χ1v) is 6.59. The summed E-state index contributed by atoms with van der Waals surface area (Å²) in [4.78, 5) is 12.0. The van der Waals surface area contributed by atoms with Crippen LogP contribution in [0.2, 0.25) is 0 Å². The maximum Gasteiger partial charge on any atom is 0.255 e. The van der Waals surface area contributed by atoms with Crippen LogP contribution in [0, 0.1) is 0 Å². The van der Waals surface area contributed by atoms with Crippen molar-refractivity contribution in [1.29, 1.82) is 0 Å². The minimum atomic E-state index is -0.536. The zero-order valence-corrected chi connectivity index (χ0v) is 10.7. The third-order valence-electron chi connectivity index (χ3n) is 3.52. The van der Waals surface area contributed by atoms with Crippen molar-refractivity contribution in [3.05, 3.63) is 23.8 Å². The van der Waals surface area contributed by atoms with Crippen molar-refractivity contribution in [2.75, 3.05) is 0 Å². The molecule has 0 saturated heterocycles. The molecule has 1 aromatic carbocycles. The van der Waals surface area contributed by atoms with E-state index in [2.05, 4.69) is 5.32 Å². The molecule has 0 spiro atoms. The second-order valence-corrected chi connectivity index (χ2v) is 4.99. The lowest BCUT2D eigenvalue weighted by Crippen LogP contribution is -2.42. The molecular weight excluding hydrogens is 246 g/mol. The summed E-state index contributed by atoms with van der Waals surface area (Å²) < 4.78 is 0. The molecule has 5 nitrogen and oxygen atoms in total. The summed E-state index contributed by atoms with van der Waals surface area (Å²) in [7, 11) is 0. The standard InChI is InChI=1S/C14H19NO4/c16-9-6-7-10(13(18)8-9)14(19)15-11-4-2-1-3-5-12(11)17/h6-8,11-12,16-18H,1-5H2,(H,15,19). The maximum atomic E-state index is 12.0. The lowest BCUT2D eigenvalue weighted by atomic mass is 10.1. The van der Waals surface area contributed by atoms with Crippen molar-refractivity contribution in [3.8, 4) is 11.5 Å². The van der Waals surface area contributed by atoms with Crippen LogP contribution >= 0.6 is 0 Å². The molecule has 0 radical (unpaired) electrons. The number of nitrogens with one attached hydrogen (secondary N) is 1.